The van der Waals surface area contributed by atoms with Crippen molar-refractivity contribution in [3.8, 4) is 0 Å². The van der Waals surface area contributed by atoms with Crippen molar-refractivity contribution in [2.75, 3.05) is 37.6 Å². The summed E-state index contributed by atoms with van der Waals surface area (Å²) in [5.74, 6) is 0.0594. The van der Waals surface area contributed by atoms with Crippen LogP contribution in [0.3, 0.4) is 0 Å². The molecule has 0 radical (unpaired) electrons. The lowest BCUT2D eigenvalue weighted by Crippen LogP contribution is -3.10. The van der Waals surface area contributed by atoms with Crippen LogP contribution in [0.1, 0.15) is 25.7 Å². The maximum atomic E-state index is 12.1. The molecule has 2 heterocycles. The van der Waals surface area contributed by atoms with Crippen LogP contribution in [0.25, 0.3) is 0 Å². The molecule has 3 amide bonds. The van der Waals surface area contributed by atoms with Crippen LogP contribution in [0.15, 0.2) is 30.3 Å². The zero-order valence-corrected chi connectivity index (χ0v) is 14.1. The number of rotatable bonds is 6. The van der Waals surface area contributed by atoms with E-state index in [1.807, 2.05) is 30.3 Å². The van der Waals surface area contributed by atoms with E-state index in [0.29, 0.717) is 19.5 Å². The molecule has 24 heavy (non-hydrogen) atoms. The van der Waals surface area contributed by atoms with Gasteiger partial charge in [0.15, 0.2) is 0 Å². The fourth-order valence-corrected chi connectivity index (χ4v) is 3.56. The highest BCUT2D eigenvalue weighted by Gasteiger charge is 2.31. The average Bonchev–Trinajstić information content (AvgIpc) is 3.22. The Kier molecular flexibility index (Phi) is 5.69. The van der Waals surface area contributed by atoms with Crippen molar-refractivity contribution in [1.29, 1.82) is 0 Å². The smallest absolute Gasteiger partial charge is 0.315 e. The second-order valence-corrected chi connectivity index (χ2v) is 6.70. The average molecular weight is 331 g/mol. The van der Waals surface area contributed by atoms with Gasteiger partial charge in [0.05, 0.1) is 25.7 Å². The summed E-state index contributed by atoms with van der Waals surface area (Å²) in [4.78, 5) is 27.5. The summed E-state index contributed by atoms with van der Waals surface area (Å²) in [6.45, 7) is 4.90. The maximum absolute atomic E-state index is 12.1. The summed E-state index contributed by atoms with van der Waals surface area (Å²) in [5, 5.41) is 5.83. The molecular weight excluding hydrogens is 304 g/mol. The SMILES string of the molecule is O=C(NCCC[NH+]1CCCC1)N[C@H]1CC(=O)N(c2ccccc2)C1. The predicted octanol–water partition coefficient (Wildman–Crippen LogP) is 0.160. The number of hydrogen-bond acceptors (Lipinski definition) is 2. The number of benzene rings is 1. The van der Waals surface area contributed by atoms with Crippen LogP contribution in [0.2, 0.25) is 0 Å². The van der Waals surface area contributed by atoms with E-state index in [0.717, 1.165) is 18.7 Å². The van der Waals surface area contributed by atoms with E-state index in [4.69, 9.17) is 0 Å². The highest BCUT2D eigenvalue weighted by Crippen LogP contribution is 2.20. The molecule has 0 unspecified atom stereocenters. The lowest BCUT2D eigenvalue weighted by Gasteiger charge is -2.17. The molecule has 1 aromatic rings. The third-order valence-electron chi connectivity index (χ3n) is 4.83. The molecule has 6 heteroatoms. The van der Waals surface area contributed by atoms with Gasteiger partial charge in [-0.15, -0.1) is 0 Å². The van der Waals surface area contributed by atoms with Gasteiger partial charge in [0.1, 0.15) is 0 Å². The Labute approximate surface area is 143 Å². The minimum Gasteiger partial charge on any atom is -0.338 e. The number of nitrogens with zero attached hydrogens (tertiary/aromatic N) is 1. The van der Waals surface area contributed by atoms with E-state index in [9.17, 15) is 9.59 Å². The topological polar surface area (TPSA) is 65.9 Å². The third kappa shape index (κ3) is 4.47. The molecule has 1 atom stereocenters. The van der Waals surface area contributed by atoms with Gasteiger partial charge in [0.2, 0.25) is 5.91 Å². The van der Waals surface area contributed by atoms with Crippen LogP contribution < -0.4 is 20.4 Å². The monoisotopic (exact) mass is 331 g/mol. The summed E-state index contributed by atoms with van der Waals surface area (Å²) in [6.07, 6.45) is 4.02. The number of quaternary nitrogens is 1. The number of carbonyl (C=O) groups is 2. The molecule has 0 bridgehead atoms. The molecule has 3 rings (SSSR count). The molecule has 2 aliphatic rings. The van der Waals surface area contributed by atoms with Crippen molar-refractivity contribution in [3.05, 3.63) is 30.3 Å². The van der Waals surface area contributed by atoms with E-state index in [-0.39, 0.29) is 18.0 Å². The van der Waals surface area contributed by atoms with E-state index in [2.05, 4.69) is 10.6 Å². The number of anilines is 1. The first-order valence-corrected chi connectivity index (χ1v) is 8.96. The second kappa shape index (κ2) is 8.15. The summed E-state index contributed by atoms with van der Waals surface area (Å²) < 4.78 is 0. The highest BCUT2D eigenvalue weighted by molar-refractivity contribution is 5.96. The number of urea groups is 1. The standard InChI is InChI=1S/C18H26N4O2/c23-17-13-15(14-22(17)16-7-2-1-3-8-16)20-18(24)19-9-6-12-21-10-4-5-11-21/h1-3,7-8,15H,4-6,9-14H2,(H2,19,20,24)/p+1/t15-/m0/s1. The third-order valence-corrected chi connectivity index (χ3v) is 4.83. The summed E-state index contributed by atoms with van der Waals surface area (Å²) in [6, 6.07) is 9.30. The van der Waals surface area contributed by atoms with Crippen LogP contribution >= 0.6 is 0 Å². The van der Waals surface area contributed by atoms with E-state index in [1.165, 1.54) is 25.9 Å². The Morgan fingerprint density at radius 3 is 2.71 bits per heavy atom. The number of nitrogens with one attached hydrogen (secondary N) is 3. The first-order chi connectivity index (χ1) is 11.7. The van der Waals surface area contributed by atoms with Gasteiger partial charge in [-0.1, -0.05) is 18.2 Å². The molecule has 2 aliphatic heterocycles. The highest BCUT2D eigenvalue weighted by atomic mass is 16.2. The molecular formula is C18H27N4O2+. The van der Waals surface area contributed by atoms with Crippen molar-refractivity contribution >= 4 is 17.6 Å². The minimum atomic E-state index is -0.167. The zero-order chi connectivity index (χ0) is 16.8. The summed E-state index contributed by atoms with van der Waals surface area (Å²) >= 11 is 0. The van der Waals surface area contributed by atoms with E-state index in [1.54, 1.807) is 9.80 Å². The molecule has 2 fully saturated rings. The number of carbonyl (C=O) groups excluding carboxylic acids is 2. The molecule has 130 valence electrons. The second-order valence-electron chi connectivity index (χ2n) is 6.70. The van der Waals surface area contributed by atoms with Gasteiger partial charge in [0, 0.05) is 44.5 Å². The Balaban J connectivity index is 1.36. The van der Waals surface area contributed by atoms with Gasteiger partial charge in [-0.2, -0.15) is 0 Å². The van der Waals surface area contributed by atoms with Crippen molar-refractivity contribution in [3.63, 3.8) is 0 Å². The Bertz CT molecular complexity index is 557. The molecule has 1 aromatic carbocycles. The first kappa shape index (κ1) is 16.8. The molecule has 2 saturated heterocycles. The fourth-order valence-electron chi connectivity index (χ4n) is 3.56. The predicted molar refractivity (Wildman–Crippen MR) is 93.1 cm³/mol. The van der Waals surface area contributed by atoms with Gasteiger partial charge >= 0.3 is 6.03 Å². The lowest BCUT2D eigenvalue weighted by molar-refractivity contribution is -0.887. The largest absolute Gasteiger partial charge is 0.338 e. The maximum Gasteiger partial charge on any atom is 0.315 e. The number of amides is 3. The minimum absolute atomic E-state index is 0.0594. The van der Waals surface area contributed by atoms with Crippen LogP contribution in [0.4, 0.5) is 10.5 Å². The van der Waals surface area contributed by atoms with E-state index < -0.39 is 0 Å². The fraction of sp³-hybridized carbons (Fsp3) is 0.556. The van der Waals surface area contributed by atoms with Crippen LogP contribution in [-0.2, 0) is 4.79 Å². The van der Waals surface area contributed by atoms with E-state index >= 15 is 0 Å². The number of likely N-dealkylation sites (tertiary alicyclic amines) is 1. The molecule has 0 aliphatic carbocycles. The summed E-state index contributed by atoms with van der Waals surface area (Å²) in [5.41, 5.74) is 0.890. The van der Waals surface area contributed by atoms with Crippen molar-refractivity contribution in [2.24, 2.45) is 0 Å². The Morgan fingerprint density at radius 1 is 1.21 bits per heavy atom. The number of hydrogen-bond donors (Lipinski definition) is 3. The van der Waals surface area contributed by atoms with Gasteiger partial charge < -0.3 is 20.4 Å². The molecule has 0 saturated carbocycles. The van der Waals surface area contributed by atoms with Crippen molar-refractivity contribution in [2.45, 2.75) is 31.7 Å². The first-order valence-electron chi connectivity index (χ1n) is 8.96. The van der Waals surface area contributed by atoms with Crippen LogP contribution in [-0.4, -0.2) is 50.7 Å². The Morgan fingerprint density at radius 2 is 1.96 bits per heavy atom. The normalized spacial score (nSPS) is 21.2. The van der Waals surface area contributed by atoms with Crippen LogP contribution in [0, 0.1) is 0 Å². The van der Waals surface area contributed by atoms with Crippen molar-refractivity contribution in [1.82, 2.24) is 10.6 Å². The van der Waals surface area contributed by atoms with Crippen LogP contribution in [0.5, 0.6) is 0 Å². The van der Waals surface area contributed by atoms with Gasteiger partial charge in [-0.25, -0.2) is 4.79 Å². The molecule has 3 N–H and O–H groups in total. The lowest BCUT2D eigenvalue weighted by atomic mass is 10.2. The molecule has 6 nitrogen and oxygen atoms in total. The van der Waals surface area contributed by atoms with Crippen molar-refractivity contribution < 1.29 is 14.5 Å². The molecule has 0 spiro atoms. The molecule has 0 aromatic heterocycles. The van der Waals surface area contributed by atoms with Gasteiger partial charge in [-0.3, -0.25) is 4.79 Å². The zero-order valence-electron chi connectivity index (χ0n) is 14.1. The number of para-hydroxylation sites is 1. The van der Waals surface area contributed by atoms with Gasteiger partial charge in [-0.05, 0) is 12.1 Å². The quantitative estimate of drug-likeness (QED) is 0.650. The Hall–Kier alpha value is -2.08. The van der Waals surface area contributed by atoms with Gasteiger partial charge in [0.25, 0.3) is 0 Å². The summed E-state index contributed by atoms with van der Waals surface area (Å²) in [7, 11) is 0.